The van der Waals surface area contributed by atoms with Gasteiger partial charge in [0.05, 0.1) is 19.9 Å². The van der Waals surface area contributed by atoms with Crippen LogP contribution >= 0.6 is 0 Å². The van der Waals surface area contributed by atoms with Gasteiger partial charge in [0, 0.05) is 49.0 Å². The number of aromatic nitrogens is 3. The van der Waals surface area contributed by atoms with Crippen molar-refractivity contribution in [1.82, 2.24) is 20.3 Å². The molecule has 2 N–H and O–H groups in total. The number of ether oxygens (including phenoxy) is 2. The Labute approximate surface area is 175 Å². The molecule has 30 heavy (non-hydrogen) atoms. The summed E-state index contributed by atoms with van der Waals surface area (Å²) in [5, 5.41) is 5.97. The van der Waals surface area contributed by atoms with Crippen LogP contribution in [-0.2, 0) is 0 Å². The first-order valence-electron chi connectivity index (χ1n) is 9.52. The maximum atomic E-state index is 11.9. The Morgan fingerprint density at radius 3 is 2.57 bits per heavy atom. The number of methoxy groups -OCH3 is 2. The number of nitrogens with one attached hydrogen (secondary N) is 2. The lowest BCUT2D eigenvalue weighted by molar-refractivity contribution is 0.0962. The van der Waals surface area contributed by atoms with Gasteiger partial charge in [-0.15, -0.1) is 0 Å². The van der Waals surface area contributed by atoms with Crippen LogP contribution in [0.1, 0.15) is 28.8 Å². The van der Waals surface area contributed by atoms with Gasteiger partial charge in [-0.2, -0.15) is 0 Å². The Kier molecular flexibility index (Phi) is 6.79. The maximum absolute atomic E-state index is 11.9. The highest BCUT2D eigenvalue weighted by Crippen LogP contribution is 2.28. The third-order valence-corrected chi connectivity index (χ3v) is 4.75. The van der Waals surface area contributed by atoms with Crippen molar-refractivity contribution >= 4 is 11.7 Å². The first-order valence-corrected chi connectivity index (χ1v) is 9.52. The molecule has 2 aromatic heterocycles. The van der Waals surface area contributed by atoms with Gasteiger partial charge in [-0.3, -0.25) is 4.79 Å². The van der Waals surface area contributed by atoms with E-state index < -0.39 is 0 Å². The predicted octanol–water partition coefficient (Wildman–Crippen LogP) is 3.13. The molecule has 3 rings (SSSR count). The van der Waals surface area contributed by atoms with Crippen molar-refractivity contribution in [2.75, 3.05) is 33.1 Å². The topological polar surface area (TPSA) is 98.3 Å². The molecule has 0 aliphatic heterocycles. The van der Waals surface area contributed by atoms with Gasteiger partial charge >= 0.3 is 0 Å². The summed E-state index contributed by atoms with van der Waals surface area (Å²) in [6.45, 7) is 2.72. The third-order valence-electron chi connectivity index (χ3n) is 4.75. The summed E-state index contributed by atoms with van der Waals surface area (Å²) in [5.41, 5.74) is 3.21. The fourth-order valence-electron chi connectivity index (χ4n) is 3.04. The average molecular weight is 407 g/mol. The summed E-state index contributed by atoms with van der Waals surface area (Å²) in [6, 6.07) is 11.0. The fourth-order valence-corrected chi connectivity index (χ4v) is 3.04. The van der Waals surface area contributed by atoms with Crippen molar-refractivity contribution in [3.05, 3.63) is 60.0 Å². The molecule has 0 fully saturated rings. The van der Waals surface area contributed by atoms with E-state index in [4.69, 9.17) is 9.47 Å². The van der Waals surface area contributed by atoms with Crippen molar-refractivity contribution in [2.45, 2.75) is 12.8 Å². The molecule has 0 bridgehead atoms. The van der Waals surface area contributed by atoms with Crippen LogP contribution in [0.2, 0.25) is 0 Å². The van der Waals surface area contributed by atoms with Crippen LogP contribution < -0.4 is 20.1 Å². The molecule has 0 radical (unpaired) electrons. The highest BCUT2D eigenvalue weighted by Gasteiger charge is 2.15. The molecule has 0 saturated heterocycles. The first kappa shape index (κ1) is 21.0. The molecule has 2 heterocycles. The Morgan fingerprint density at radius 2 is 1.90 bits per heavy atom. The van der Waals surface area contributed by atoms with Crippen molar-refractivity contribution in [1.29, 1.82) is 0 Å². The highest BCUT2D eigenvalue weighted by molar-refractivity contribution is 5.94. The standard InChI is InChI=1S/C22H25N5O3/c1-14(17-7-5-15(22(28)23-2)9-19(17)29-3)11-24-20-10-18(26-13-27-20)16-6-8-21(30-4)25-12-16/h5-10,12-14H,11H2,1-4H3,(H,23,28)(H,24,26,27). The van der Waals surface area contributed by atoms with Gasteiger partial charge in [-0.1, -0.05) is 13.0 Å². The number of benzene rings is 1. The van der Waals surface area contributed by atoms with Crippen molar-refractivity contribution in [3.63, 3.8) is 0 Å². The maximum Gasteiger partial charge on any atom is 0.251 e. The Balaban J connectivity index is 1.71. The van der Waals surface area contributed by atoms with Crippen LogP contribution in [0, 0.1) is 0 Å². The van der Waals surface area contributed by atoms with Gasteiger partial charge in [0.25, 0.3) is 5.91 Å². The van der Waals surface area contributed by atoms with E-state index in [1.54, 1.807) is 45.7 Å². The molecule has 0 aliphatic carbocycles. The average Bonchev–Trinajstić information content (AvgIpc) is 2.81. The minimum absolute atomic E-state index is 0.125. The van der Waals surface area contributed by atoms with E-state index in [-0.39, 0.29) is 11.8 Å². The van der Waals surface area contributed by atoms with E-state index in [0.29, 0.717) is 29.6 Å². The normalized spacial score (nSPS) is 11.5. The zero-order chi connectivity index (χ0) is 21.5. The number of carbonyl (C=O) groups is 1. The molecule has 8 nitrogen and oxygen atoms in total. The predicted molar refractivity (Wildman–Crippen MR) is 115 cm³/mol. The number of rotatable bonds is 8. The minimum Gasteiger partial charge on any atom is -0.496 e. The summed E-state index contributed by atoms with van der Waals surface area (Å²) >= 11 is 0. The van der Waals surface area contributed by atoms with Crippen LogP contribution in [0.25, 0.3) is 11.3 Å². The number of pyridine rings is 1. The molecule has 0 aliphatic rings. The fraction of sp³-hybridized carbons (Fsp3) is 0.273. The summed E-state index contributed by atoms with van der Waals surface area (Å²) in [7, 11) is 4.79. The monoisotopic (exact) mass is 407 g/mol. The molecule has 1 unspecified atom stereocenters. The van der Waals surface area contributed by atoms with Gasteiger partial charge in [-0.25, -0.2) is 15.0 Å². The van der Waals surface area contributed by atoms with Crippen LogP contribution in [-0.4, -0.2) is 48.7 Å². The summed E-state index contributed by atoms with van der Waals surface area (Å²) in [4.78, 5) is 24.7. The molecule has 1 atom stereocenters. The number of hydrogen-bond donors (Lipinski definition) is 2. The molecule has 0 saturated carbocycles. The lowest BCUT2D eigenvalue weighted by Crippen LogP contribution is -2.18. The van der Waals surface area contributed by atoms with Gasteiger partial charge in [0.1, 0.15) is 17.9 Å². The summed E-state index contributed by atoms with van der Waals surface area (Å²) in [6.07, 6.45) is 3.23. The molecule has 8 heteroatoms. The highest BCUT2D eigenvalue weighted by atomic mass is 16.5. The van der Waals surface area contributed by atoms with E-state index in [1.807, 2.05) is 18.2 Å². The third kappa shape index (κ3) is 4.83. The molecule has 1 aromatic carbocycles. The Hall–Kier alpha value is -3.68. The lowest BCUT2D eigenvalue weighted by atomic mass is 9.98. The number of carbonyl (C=O) groups excluding carboxylic acids is 1. The second-order valence-electron chi connectivity index (χ2n) is 6.70. The molecule has 3 aromatic rings. The van der Waals surface area contributed by atoms with E-state index in [9.17, 15) is 4.79 Å². The van der Waals surface area contributed by atoms with Gasteiger partial charge in [0.2, 0.25) is 5.88 Å². The number of nitrogens with zero attached hydrogens (tertiary/aromatic N) is 3. The molecular formula is C22H25N5O3. The van der Waals surface area contributed by atoms with Gasteiger partial charge < -0.3 is 20.1 Å². The quantitative estimate of drug-likeness (QED) is 0.592. The van der Waals surface area contributed by atoms with E-state index in [1.165, 1.54) is 6.33 Å². The second kappa shape index (κ2) is 9.69. The zero-order valence-electron chi connectivity index (χ0n) is 17.5. The van der Waals surface area contributed by atoms with Gasteiger partial charge in [-0.05, 0) is 23.8 Å². The second-order valence-corrected chi connectivity index (χ2v) is 6.70. The lowest BCUT2D eigenvalue weighted by Gasteiger charge is -2.17. The first-order chi connectivity index (χ1) is 14.5. The molecule has 1 amide bonds. The molecule has 156 valence electrons. The van der Waals surface area contributed by atoms with Crippen LogP contribution in [0.15, 0.2) is 48.9 Å². The molecule has 0 spiro atoms. The van der Waals surface area contributed by atoms with E-state index in [0.717, 1.165) is 16.8 Å². The number of amides is 1. The van der Waals surface area contributed by atoms with Gasteiger partial charge in [0.15, 0.2) is 0 Å². The summed E-state index contributed by atoms with van der Waals surface area (Å²) < 4.78 is 10.6. The van der Waals surface area contributed by atoms with Crippen LogP contribution in [0.3, 0.4) is 0 Å². The van der Waals surface area contributed by atoms with Crippen molar-refractivity contribution < 1.29 is 14.3 Å². The van der Waals surface area contributed by atoms with Crippen LogP contribution in [0.5, 0.6) is 11.6 Å². The summed E-state index contributed by atoms with van der Waals surface area (Å²) in [5.74, 6) is 1.92. The Bertz CT molecular complexity index is 1010. The zero-order valence-corrected chi connectivity index (χ0v) is 17.5. The minimum atomic E-state index is -0.146. The largest absolute Gasteiger partial charge is 0.496 e. The van der Waals surface area contributed by atoms with Crippen molar-refractivity contribution in [2.24, 2.45) is 0 Å². The van der Waals surface area contributed by atoms with E-state index >= 15 is 0 Å². The smallest absolute Gasteiger partial charge is 0.251 e. The number of anilines is 1. The van der Waals surface area contributed by atoms with Crippen LogP contribution in [0.4, 0.5) is 5.82 Å². The SMILES string of the molecule is CNC(=O)c1ccc(C(C)CNc2cc(-c3ccc(OC)nc3)ncn2)c(OC)c1. The number of hydrogen-bond acceptors (Lipinski definition) is 7. The Morgan fingerprint density at radius 1 is 1.07 bits per heavy atom. The van der Waals surface area contributed by atoms with Crippen molar-refractivity contribution in [3.8, 4) is 22.9 Å². The van der Waals surface area contributed by atoms with E-state index in [2.05, 4.69) is 32.5 Å². The molecular weight excluding hydrogens is 382 g/mol.